The second-order valence-corrected chi connectivity index (χ2v) is 5.60. The molecule has 1 aliphatic heterocycles. The molecule has 0 spiro atoms. The second kappa shape index (κ2) is 10.8. The third-order valence-electron chi connectivity index (χ3n) is 3.86. The van der Waals surface area contributed by atoms with E-state index in [9.17, 15) is 0 Å². The number of rotatable bonds is 7. The van der Waals surface area contributed by atoms with E-state index in [0.717, 1.165) is 32.1 Å². The first-order valence-electron chi connectivity index (χ1n) is 8.06. The number of likely N-dealkylation sites (tertiary alicyclic amines) is 1. The van der Waals surface area contributed by atoms with Crippen molar-refractivity contribution >= 4 is 29.9 Å². The summed E-state index contributed by atoms with van der Waals surface area (Å²) in [4.78, 5) is 10.9. The van der Waals surface area contributed by atoms with Gasteiger partial charge < -0.3 is 24.2 Å². The minimum Gasteiger partial charge on any atom is -0.384 e. The van der Waals surface area contributed by atoms with E-state index in [0.29, 0.717) is 30.8 Å². The molecule has 0 aromatic carbocycles. The molecular weight excluding hydrogens is 425 g/mol. The van der Waals surface area contributed by atoms with Gasteiger partial charge in [-0.1, -0.05) is 5.16 Å². The van der Waals surface area contributed by atoms with E-state index in [-0.39, 0.29) is 30.1 Å². The van der Waals surface area contributed by atoms with Crippen molar-refractivity contribution in [2.24, 2.45) is 10.9 Å². The van der Waals surface area contributed by atoms with E-state index in [1.165, 1.54) is 0 Å². The van der Waals surface area contributed by atoms with E-state index in [1.807, 2.05) is 13.8 Å². The highest BCUT2D eigenvalue weighted by molar-refractivity contribution is 14.0. The van der Waals surface area contributed by atoms with Crippen molar-refractivity contribution in [3.63, 3.8) is 0 Å². The standard InChI is InChI=1S/C15H27N5O3.HI/c1-5-22-11(2)14-18-13(23-19-14)8-17-15(16-3)20-7-6-12(9-20)10-21-4;/h11-12H,5-10H2,1-4H3,(H,16,17);1H. The molecular formula is C15H28IN5O3. The molecule has 0 bridgehead atoms. The Morgan fingerprint density at radius 1 is 1.54 bits per heavy atom. The van der Waals surface area contributed by atoms with Gasteiger partial charge in [-0.3, -0.25) is 4.99 Å². The summed E-state index contributed by atoms with van der Waals surface area (Å²) in [5, 5.41) is 7.22. The van der Waals surface area contributed by atoms with E-state index in [4.69, 9.17) is 14.0 Å². The summed E-state index contributed by atoms with van der Waals surface area (Å²) in [5.74, 6) is 2.50. The van der Waals surface area contributed by atoms with Gasteiger partial charge in [-0.25, -0.2) is 0 Å². The number of hydrogen-bond acceptors (Lipinski definition) is 6. The largest absolute Gasteiger partial charge is 0.384 e. The summed E-state index contributed by atoms with van der Waals surface area (Å²) in [6, 6.07) is 0. The number of nitrogens with zero attached hydrogens (tertiary/aromatic N) is 4. The number of halogens is 1. The minimum atomic E-state index is -0.162. The van der Waals surface area contributed by atoms with Crippen molar-refractivity contribution in [2.45, 2.75) is 32.9 Å². The fraction of sp³-hybridized carbons (Fsp3) is 0.800. The average molecular weight is 453 g/mol. The molecule has 0 aliphatic carbocycles. The topological polar surface area (TPSA) is 85.0 Å². The van der Waals surface area contributed by atoms with Gasteiger partial charge in [-0.05, 0) is 20.3 Å². The highest BCUT2D eigenvalue weighted by atomic mass is 127. The van der Waals surface area contributed by atoms with Crippen LogP contribution in [0, 0.1) is 5.92 Å². The average Bonchev–Trinajstić information content (AvgIpc) is 3.18. The van der Waals surface area contributed by atoms with Gasteiger partial charge in [0.1, 0.15) is 6.10 Å². The predicted octanol–water partition coefficient (Wildman–Crippen LogP) is 1.83. The van der Waals surface area contributed by atoms with Crippen molar-refractivity contribution in [3.8, 4) is 0 Å². The Morgan fingerprint density at radius 2 is 2.33 bits per heavy atom. The Bertz CT molecular complexity index is 511. The molecule has 1 aromatic heterocycles. The van der Waals surface area contributed by atoms with Gasteiger partial charge in [0.05, 0.1) is 13.2 Å². The Kier molecular flexibility index (Phi) is 9.52. The molecule has 2 unspecified atom stereocenters. The maximum absolute atomic E-state index is 5.45. The van der Waals surface area contributed by atoms with Crippen LogP contribution in [0.15, 0.2) is 9.52 Å². The van der Waals surface area contributed by atoms with Crippen LogP contribution < -0.4 is 5.32 Å². The molecule has 0 radical (unpaired) electrons. The number of nitrogens with one attached hydrogen (secondary N) is 1. The fourth-order valence-corrected chi connectivity index (χ4v) is 2.71. The summed E-state index contributed by atoms with van der Waals surface area (Å²) in [6.45, 7) is 7.63. The van der Waals surface area contributed by atoms with Gasteiger partial charge >= 0.3 is 0 Å². The smallest absolute Gasteiger partial charge is 0.246 e. The second-order valence-electron chi connectivity index (χ2n) is 5.60. The number of hydrogen-bond donors (Lipinski definition) is 1. The molecule has 0 saturated carbocycles. The molecule has 138 valence electrons. The monoisotopic (exact) mass is 453 g/mol. The quantitative estimate of drug-likeness (QED) is 0.383. The molecule has 1 N–H and O–H groups in total. The normalized spacial score (nSPS) is 19.2. The predicted molar refractivity (Wildman–Crippen MR) is 102 cm³/mol. The van der Waals surface area contributed by atoms with Crippen LogP contribution in [0.5, 0.6) is 0 Å². The number of guanidine groups is 1. The van der Waals surface area contributed by atoms with E-state index in [2.05, 4.69) is 25.3 Å². The van der Waals surface area contributed by atoms with Crippen LogP contribution in [0.2, 0.25) is 0 Å². The number of ether oxygens (including phenoxy) is 2. The van der Waals surface area contributed by atoms with Crippen LogP contribution in [-0.2, 0) is 16.0 Å². The highest BCUT2D eigenvalue weighted by Gasteiger charge is 2.25. The van der Waals surface area contributed by atoms with Crippen LogP contribution >= 0.6 is 24.0 Å². The third kappa shape index (κ3) is 5.85. The molecule has 1 aliphatic rings. The van der Waals surface area contributed by atoms with Gasteiger partial charge in [0.15, 0.2) is 11.8 Å². The van der Waals surface area contributed by atoms with Crippen LogP contribution in [-0.4, -0.2) is 61.5 Å². The molecule has 1 fully saturated rings. The summed E-state index contributed by atoms with van der Waals surface area (Å²) in [7, 11) is 3.52. The Labute approximate surface area is 160 Å². The molecule has 2 rings (SSSR count). The lowest BCUT2D eigenvalue weighted by Crippen LogP contribution is -2.39. The molecule has 24 heavy (non-hydrogen) atoms. The minimum absolute atomic E-state index is 0. The molecule has 2 heterocycles. The number of methoxy groups -OCH3 is 1. The van der Waals surface area contributed by atoms with Crippen LogP contribution in [0.4, 0.5) is 0 Å². The Hall–Kier alpha value is -0.940. The van der Waals surface area contributed by atoms with Crippen molar-refractivity contribution < 1.29 is 14.0 Å². The number of aliphatic imine (C=N–C) groups is 1. The zero-order chi connectivity index (χ0) is 16.7. The van der Waals surface area contributed by atoms with Crippen LogP contribution in [0.1, 0.15) is 38.1 Å². The first-order valence-corrected chi connectivity index (χ1v) is 8.06. The molecule has 1 saturated heterocycles. The van der Waals surface area contributed by atoms with Crippen molar-refractivity contribution in [1.82, 2.24) is 20.4 Å². The van der Waals surface area contributed by atoms with Gasteiger partial charge in [0, 0.05) is 39.8 Å². The van der Waals surface area contributed by atoms with Crippen molar-refractivity contribution in [3.05, 3.63) is 11.7 Å². The van der Waals surface area contributed by atoms with Crippen molar-refractivity contribution in [1.29, 1.82) is 0 Å². The number of aromatic nitrogens is 2. The first kappa shape index (κ1) is 21.1. The zero-order valence-corrected chi connectivity index (χ0v) is 17.1. The third-order valence-corrected chi connectivity index (χ3v) is 3.86. The lowest BCUT2D eigenvalue weighted by molar-refractivity contribution is 0.0683. The van der Waals surface area contributed by atoms with E-state index < -0.39 is 0 Å². The summed E-state index contributed by atoms with van der Waals surface area (Å²) >= 11 is 0. The summed E-state index contributed by atoms with van der Waals surface area (Å²) < 4.78 is 15.9. The maximum Gasteiger partial charge on any atom is 0.246 e. The molecule has 9 heteroatoms. The Balaban J connectivity index is 0.00000288. The SMILES string of the molecule is CCOC(C)c1noc(CNC(=NC)N2CCC(COC)C2)n1.I. The van der Waals surface area contributed by atoms with Gasteiger partial charge in [-0.2, -0.15) is 4.98 Å². The molecule has 8 nitrogen and oxygen atoms in total. The van der Waals surface area contributed by atoms with Gasteiger partial charge in [0.2, 0.25) is 5.89 Å². The summed E-state index contributed by atoms with van der Waals surface area (Å²) in [5.41, 5.74) is 0. The molecule has 2 atom stereocenters. The zero-order valence-electron chi connectivity index (χ0n) is 14.8. The fourth-order valence-electron chi connectivity index (χ4n) is 2.71. The summed E-state index contributed by atoms with van der Waals surface area (Å²) in [6.07, 6.45) is 0.954. The first-order chi connectivity index (χ1) is 11.2. The van der Waals surface area contributed by atoms with Crippen molar-refractivity contribution in [2.75, 3.05) is 40.5 Å². The van der Waals surface area contributed by atoms with Crippen LogP contribution in [0.25, 0.3) is 0 Å². The Morgan fingerprint density at radius 3 is 3.00 bits per heavy atom. The lowest BCUT2D eigenvalue weighted by atomic mass is 10.1. The molecule has 1 aromatic rings. The highest BCUT2D eigenvalue weighted by Crippen LogP contribution is 2.16. The lowest BCUT2D eigenvalue weighted by Gasteiger charge is -2.20. The van der Waals surface area contributed by atoms with E-state index in [1.54, 1.807) is 14.2 Å². The molecule has 0 amide bonds. The van der Waals surface area contributed by atoms with Gasteiger partial charge in [-0.15, -0.1) is 24.0 Å². The maximum atomic E-state index is 5.45. The van der Waals surface area contributed by atoms with Gasteiger partial charge in [0.25, 0.3) is 0 Å². The van der Waals surface area contributed by atoms with E-state index >= 15 is 0 Å². The van der Waals surface area contributed by atoms with Crippen LogP contribution in [0.3, 0.4) is 0 Å².